The summed E-state index contributed by atoms with van der Waals surface area (Å²) in [6, 6.07) is 6.32. The maximum atomic E-state index is 12.8. The molecule has 1 saturated heterocycles. The highest BCUT2D eigenvalue weighted by Crippen LogP contribution is 2.59. The van der Waals surface area contributed by atoms with E-state index < -0.39 is 0 Å². The number of ether oxygens (including phenoxy) is 2. The molecule has 6 nitrogen and oxygen atoms in total. The van der Waals surface area contributed by atoms with E-state index in [4.69, 9.17) is 9.47 Å². The summed E-state index contributed by atoms with van der Waals surface area (Å²) in [6.45, 7) is 5.54. The molecule has 4 bridgehead atoms. The zero-order valence-corrected chi connectivity index (χ0v) is 17.8. The number of benzene rings is 1. The monoisotopic (exact) mass is 411 g/mol. The van der Waals surface area contributed by atoms with Crippen LogP contribution in [0.4, 0.5) is 4.79 Å². The molecular weight excluding hydrogens is 378 g/mol. The number of hydrogen-bond acceptors (Lipinski definition) is 4. The van der Waals surface area contributed by atoms with Gasteiger partial charge in [0.2, 0.25) is 6.79 Å². The van der Waals surface area contributed by atoms with Gasteiger partial charge in [0.25, 0.3) is 0 Å². The number of piperazine rings is 1. The average molecular weight is 412 g/mol. The molecule has 2 amide bonds. The lowest BCUT2D eigenvalue weighted by molar-refractivity contribution is -0.0503. The maximum absolute atomic E-state index is 12.8. The Kier molecular flexibility index (Phi) is 4.59. The third-order valence-corrected chi connectivity index (χ3v) is 8.28. The summed E-state index contributed by atoms with van der Waals surface area (Å²) in [5.41, 5.74) is 1.64. The molecule has 5 fully saturated rings. The van der Waals surface area contributed by atoms with E-state index in [-0.39, 0.29) is 6.03 Å². The summed E-state index contributed by atoms with van der Waals surface area (Å²) < 4.78 is 10.9. The van der Waals surface area contributed by atoms with Crippen LogP contribution >= 0.6 is 0 Å². The molecule has 0 atom stereocenters. The Morgan fingerprint density at radius 3 is 2.33 bits per heavy atom. The Bertz CT molecular complexity index is 783. The van der Waals surface area contributed by atoms with E-state index in [1.54, 1.807) is 0 Å². The van der Waals surface area contributed by atoms with Crippen molar-refractivity contribution in [3.63, 3.8) is 0 Å². The lowest BCUT2D eigenvalue weighted by Crippen LogP contribution is -2.55. The SMILES string of the molecule is O=C(NCC12CC3CC(CC(C3)C1)C2)N1CCN(Cc2ccc3c(c2)OCO3)CC1. The topological polar surface area (TPSA) is 54.0 Å². The lowest BCUT2D eigenvalue weighted by Gasteiger charge is -2.57. The summed E-state index contributed by atoms with van der Waals surface area (Å²) in [4.78, 5) is 17.3. The maximum Gasteiger partial charge on any atom is 0.317 e. The van der Waals surface area contributed by atoms with Crippen LogP contribution in [-0.2, 0) is 6.54 Å². The highest BCUT2D eigenvalue weighted by Gasteiger charge is 2.50. The molecule has 4 aliphatic carbocycles. The highest BCUT2D eigenvalue weighted by atomic mass is 16.7. The van der Waals surface area contributed by atoms with Crippen molar-refractivity contribution < 1.29 is 14.3 Å². The van der Waals surface area contributed by atoms with Gasteiger partial charge < -0.3 is 19.7 Å². The Morgan fingerprint density at radius 1 is 0.967 bits per heavy atom. The van der Waals surface area contributed by atoms with Crippen LogP contribution in [0.15, 0.2) is 18.2 Å². The van der Waals surface area contributed by atoms with E-state index in [1.807, 2.05) is 11.0 Å². The Hall–Kier alpha value is -1.95. The summed E-state index contributed by atoms with van der Waals surface area (Å²) >= 11 is 0. The third-order valence-electron chi connectivity index (χ3n) is 8.28. The van der Waals surface area contributed by atoms with Gasteiger partial charge >= 0.3 is 6.03 Å². The third kappa shape index (κ3) is 3.53. The van der Waals surface area contributed by atoms with Gasteiger partial charge in [-0.3, -0.25) is 4.90 Å². The largest absolute Gasteiger partial charge is 0.454 e. The van der Waals surface area contributed by atoms with Crippen LogP contribution in [0.1, 0.15) is 44.1 Å². The molecule has 2 heterocycles. The first-order chi connectivity index (χ1) is 14.6. The number of hydrogen-bond donors (Lipinski definition) is 1. The lowest BCUT2D eigenvalue weighted by atomic mass is 9.49. The normalized spacial score (nSPS) is 34.4. The Morgan fingerprint density at radius 2 is 1.63 bits per heavy atom. The molecule has 2 aliphatic heterocycles. The van der Waals surface area contributed by atoms with E-state index in [1.165, 1.54) is 44.1 Å². The first-order valence-electron chi connectivity index (χ1n) is 11.8. The average Bonchev–Trinajstić information content (AvgIpc) is 3.20. The van der Waals surface area contributed by atoms with Crippen molar-refractivity contribution in [2.45, 2.75) is 45.1 Å². The van der Waals surface area contributed by atoms with Gasteiger partial charge in [-0.05, 0) is 79.4 Å². The summed E-state index contributed by atoms with van der Waals surface area (Å²) in [6.07, 6.45) is 8.42. The van der Waals surface area contributed by atoms with Crippen LogP contribution in [-0.4, -0.2) is 55.3 Å². The molecular formula is C24H33N3O3. The summed E-state index contributed by atoms with van der Waals surface area (Å²) in [5.74, 6) is 4.49. The van der Waals surface area contributed by atoms with Crippen LogP contribution in [0.25, 0.3) is 0 Å². The number of carbonyl (C=O) groups is 1. The molecule has 1 aromatic carbocycles. The second-order valence-electron chi connectivity index (χ2n) is 10.5. The van der Waals surface area contributed by atoms with Crippen molar-refractivity contribution in [2.75, 3.05) is 39.5 Å². The van der Waals surface area contributed by atoms with Crippen molar-refractivity contribution in [3.05, 3.63) is 23.8 Å². The predicted octanol–water partition coefficient (Wildman–Crippen LogP) is 3.46. The van der Waals surface area contributed by atoms with Gasteiger partial charge in [0.15, 0.2) is 11.5 Å². The van der Waals surface area contributed by atoms with E-state index >= 15 is 0 Å². The molecule has 0 spiro atoms. The number of fused-ring (bicyclic) bond motifs is 1. The van der Waals surface area contributed by atoms with Gasteiger partial charge in [0, 0.05) is 39.3 Å². The summed E-state index contributed by atoms with van der Waals surface area (Å²) in [5, 5.41) is 3.34. The number of rotatable bonds is 4. The molecule has 6 heteroatoms. The molecule has 162 valence electrons. The number of nitrogens with zero attached hydrogens (tertiary/aromatic N) is 2. The Labute approximate surface area is 178 Å². The van der Waals surface area contributed by atoms with Gasteiger partial charge in [-0.15, -0.1) is 0 Å². The molecule has 0 unspecified atom stereocenters. The van der Waals surface area contributed by atoms with Crippen molar-refractivity contribution in [3.8, 4) is 11.5 Å². The first-order valence-corrected chi connectivity index (χ1v) is 11.8. The molecule has 0 radical (unpaired) electrons. The standard InChI is InChI=1S/C24H33N3O3/c28-23(25-15-24-11-18-7-19(12-24)9-20(8-18)13-24)27-5-3-26(4-6-27)14-17-1-2-21-22(10-17)30-16-29-21/h1-2,10,18-20H,3-9,11-16H2,(H,25,28). The van der Waals surface area contributed by atoms with Crippen LogP contribution in [0.3, 0.4) is 0 Å². The van der Waals surface area contributed by atoms with Gasteiger partial charge in [-0.2, -0.15) is 0 Å². The minimum atomic E-state index is 0.147. The van der Waals surface area contributed by atoms with Crippen molar-refractivity contribution in [2.24, 2.45) is 23.2 Å². The van der Waals surface area contributed by atoms with Crippen LogP contribution in [0, 0.1) is 23.2 Å². The molecule has 30 heavy (non-hydrogen) atoms. The van der Waals surface area contributed by atoms with Gasteiger partial charge in [-0.25, -0.2) is 4.79 Å². The van der Waals surface area contributed by atoms with Crippen molar-refractivity contribution in [1.82, 2.24) is 15.1 Å². The number of amides is 2. The van der Waals surface area contributed by atoms with E-state index in [0.29, 0.717) is 12.2 Å². The smallest absolute Gasteiger partial charge is 0.317 e. The van der Waals surface area contributed by atoms with Crippen molar-refractivity contribution >= 4 is 6.03 Å². The minimum Gasteiger partial charge on any atom is -0.454 e. The summed E-state index contributed by atoms with van der Waals surface area (Å²) in [7, 11) is 0. The first kappa shape index (κ1) is 18.8. The van der Waals surface area contributed by atoms with E-state index in [2.05, 4.69) is 22.3 Å². The molecule has 1 N–H and O–H groups in total. The number of carbonyl (C=O) groups excluding carboxylic acids is 1. The predicted molar refractivity (Wildman–Crippen MR) is 113 cm³/mol. The van der Waals surface area contributed by atoms with E-state index in [0.717, 1.165) is 68.5 Å². The second-order valence-corrected chi connectivity index (χ2v) is 10.5. The molecule has 1 aromatic rings. The fourth-order valence-corrected chi connectivity index (χ4v) is 7.29. The molecule has 0 aromatic heterocycles. The van der Waals surface area contributed by atoms with Gasteiger partial charge in [0.1, 0.15) is 0 Å². The van der Waals surface area contributed by atoms with Gasteiger partial charge in [0.05, 0.1) is 0 Å². The minimum absolute atomic E-state index is 0.147. The molecule has 6 aliphatic rings. The van der Waals surface area contributed by atoms with Crippen molar-refractivity contribution in [1.29, 1.82) is 0 Å². The Balaban J connectivity index is 0.989. The zero-order valence-electron chi connectivity index (χ0n) is 17.8. The zero-order chi connectivity index (χ0) is 20.1. The highest BCUT2D eigenvalue weighted by molar-refractivity contribution is 5.74. The van der Waals surface area contributed by atoms with Gasteiger partial charge in [-0.1, -0.05) is 6.07 Å². The second kappa shape index (κ2) is 7.33. The van der Waals surface area contributed by atoms with Crippen LogP contribution < -0.4 is 14.8 Å². The molecule has 7 rings (SSSR count). The fourth-order valence-electron chi connectivity index (χ4n) is 7.29. The molecule has 4 saturated carbocycles. The van der Waals surface area contributed by atoms with Crippen LogP contribution in [0.2, 0.25) is 0 Å². The van der Waals surface area contributed by atoms with Crippen LogP contribution in [0.5, 0.6) is 11.5 Å². The fraction of sp³-hybridized carbons (Fsp3) is 0.708. The number of urea groups is 1. The quantitative estimate of drug-likeness (QED) is 0.825. The van der Waals surface area contributed by atoms with E-state index in [9.17, 15) is 4.79 Å². The number of nitrogens with one attached hydrogen (secondary N) is 1.